The van der Waals surface area contributed by atoms with E-state index in [0.29, 0.717) is 37.1 Å². The highest BCUT2D eigenvalue weighted by Gasteiger charge is 2.15. The van der Waals surface area contributed by atoms with Crippen LogP contribution >= 0.6 is 11.6 Å². The lowest BCUT2D eigenvalue weighted by atomic mass is 10.2. The number of halogens is 1. The fraction of sp³-hybridized carbons (Fsp3) is 0.333. The molecule has 0 bridgehead atoms. The Kier molecular flexibility index (Phi) is 5.12. The first-order chi connectivity index (χ1) is 11.2. The van der Waals surface area contributed by atoms with Crippen LogP contribution in [0, 0.1) is 0 Å². The van der Waals surface area contributed by atoms with Crippen LogP contribution in [0.5, 0.6) is 0 Å². The number of anilines is 1. The van der Waals surface area contributed by atoms with Gasteiger partial charge in [0.15, 0.2) is 0 Å². The maximum absolute atomic E-state index is 11.9. The number of aromatic nitrogens is 2. The second-order valence-electron chi connectivity index (χ2n) is 5.04. The number of rotatable bonds is 4. The van der Waals surface area contributed by atoms with Gasteiger partial charge in [-0.15, -0.1) is 0 Å². The summed E-state index contributed by atoms with van der Waals surface area (Å²) in [6.07, 6.45) is 5.02. The van der Waals surface area contributed by atoms with Gasteiger partial charge in [-0.05, 0) is 18.2 Å². The summed E-state index contributed by atoms with van der Waals surface area (Å²) in [7, 11) is 0. The van der Waals surface area contributed by atoms with Crippen LogP contribution in [0.4, 0.5) is 10.5 Å². The predicted octanol–water partition coefficient (Wildman–Crippen LogP) is 2.06. The summed E-state index contributed by atoms with van der Waals surface area (Å²) in [6.45, 7) is 2.04. The highest BCUT2D eigenvalue weighted by Crippen LogP contribution is 2.24. The normalized spacial score (nSPS) is 17.7. The van der Waals surface area contributed by atoms with Crippen LogP contribution in [-0.2, 0) is 9.47 Å². The van der Waals surface area contributed by atoms with Gasteiger partial charge >= 0.3 is 6.03 Å². The number of carbonyl (C=O) groups is 1. The summed E-state index contributed by atoms with van der Waals surface area (Å²) in [5, 5.41) is 6.01. The van der Waals surface area contributed by atoms with E-state index in [1.165, 1.54) is 0 Å². The fourth-order valence-corrected chi connectivity index (χ4v) is 2.51. The highest BCUT2D eigenvalue weighted by molar-refractivity contribution is 6.32. The van der Waals surface area contributed by atoms with E-state index in [4.69, 9.17) is 21.1 Å². The minimum absolute atomic E-state index is 0.110. The number of amides is 2. The van der Waals surface area contributed by atoms with Gasteiger partial charge in [-0.2, -0.15) is 0 Å². The quantitative estimate of drug-likeness (QED) is 0.896. The van der Waals surface area contributed by atoms with Crippen molar-refractivity contribution >= 4 is 23.3 Å². The number of nitrogens with one attached hydrogen (secondary N) is 2. The molecule has 2 heterocycles. The molecule has 0 aliphatic carbocycles. The summed E-state index contributed by atoms with van der Waals surface area (Å²) < 4.78 is 12.5. The monoisotopic (exact) mass is 336 g/mol. The molecule has 2 N–H and O–H groups in total. The van der Waals surface area contributed by atoms with Crippen molar-refractivity contribution < 1.29 is 14.3 Å². The standard InChI is InChI=1S/C15H17ClN4O3/c16-13-7-11(1-2-14(13)20-4-3-17-10-20)19-15(21)18-8-12-9-22-5-6-23-12/h1-4,7,10,12H,5-6,8-9H2,(H2,18,19,21)/t12-/m0/s1. The first kappa shape index (κ1) is 15.8. The maximum Gasteiger partial charge on any atom is 0.319 e. The van der Waals surface area contributed by atoms with Crippen LogP contribution in [0.1, 0.15) is 0 Å². The second-order valence-corrected chi connectivity index (χ2v) is 5.45. The van der Waals surface area contributed by atoms with Crippen molar-refractivity contribution in [3.05, 3.63) is 41.9 Å². The van der Waals surface area contributed by atoms with Crippen molar-refractivity contribution in [2.24, 2.45) is 0 Å². The number of nitrogens with zero attached hydrogens (tertiary/aromatic N) is 2. The van der Waals surface area contributed by atoms with E-state index in [2.05, 4.69) is 15.6 Å². The molecule has 2 aromatic rings. The van der Waals surface area contributed by atoms with Crippen LogP contribution in [-0.4, -0.2) is 48.1 Å². The van der Waals surface area contributed by atoms with Crippen molar-refractivity contribution in [2.45, 2.75) is 6.10 Å². The molecule has 23 heavy (non-hydrogen) atoms. The van der Waals surface area contributed by atoms with Gasteiger partial charge in [0.2, 0.25) is 0 Å². The van der Waals surface area contributed by atoms with Gasteiger partial charge in [0.25, 0.3) is 0 Å². The van der Waals surface area contributed by atoms with E-state index in [1.54, 1.807) is 35.4 Å². The van der Waals surface area contributed by atoms with Gasteiger partial charge < -0.3 is 24.7 Å². The van der Waals surface area contributed by atoms with E-state index < -0.39 is 0 Å². The molecule has 3 rings (SSSR count). The fourth-order valence-electron chi connectivity index (χ4n) is 2.23. The van der Waals surface area contributed by atoms with Crippen molar-refractivity contribution in [3.8, 4) is 5.69 Å². The molecule has 0 radical (unpaired) electrons. The molecular formula is C15H17ClN4O3. The Hall–Kier alpha value is -2.09. The first-order valence-corrected chi connectivity index (χ1v) is 7.62. The number of ether oxygens (including phenoxy) is 2. The molecule has 122 valence electrons. The Balaban J connectivity index is 1.55. The number of hydrogen-bond acceptors (Lipinski definition) is 4. The zero-order valence-corrected chi connectivity index (χ0v) is 13.1. The van der Waals surface area contributed by atoms with Crippen LogP contribution < -0.4 is 10.6 Å². The van der Waals surface area contributed by atoms with Crippen molar-refractivity contribution in [3.63, 3.8) is 0 Å². The molecule has 0 saturated carbocycles. The molecule has 1 atom stereocenters. The Morgan fingerprint density at radius 2 is 2.35 bits per heavy atom. The summed E-state index contributed by atoms with van der Waals surface area (Å²) >= 11 is 6.25. The maximum atomic E-state index is 11.9. The van der Waals surface area contributed by atoms with Crippen LogP contribution in [0.15, 0.2) is 36.9 Å². The van der Waals surface area contributed by atoms with Gasteiger partial charge in [-0.3, -0.25) is 0 Å². The second kappa shape index (κ2) is 7.45. The lowest BCUT2D eigenvalue weighted by molar-refractivity contribution is -0.0852. The zero-order chi connectivity index (χ0) is 16.1. The molecule has 0 spiro atoms. The predicted molar refractivity (Wildman–Crippen MR) is 86.2 cm³/mol. The highest BCUT2D eigenvalue weighted by atomic mass is 35.5. The molecular weight excluding hydrogens is 320 g/mol. The number of benzene rings is 1. The molecule has 0 unspecified atom stereocenters. The zero-order valence-electron chi connectivity index (χ0n) is 12.4. The molecule has 1 saturated heterocycles. The first-order valence-electron chi connectivity index (χ1n) is 7.24. The minimum Gasteiger partial charge on any atom is -0.376 e. The van der Waals surface area contributed by atoms with E-state index in [-0.39, 0.29) is 12.1 Å². The number of carbonyl (C=O) groups excluding carboxylic acids is 1. The lowest BCUT2D eigenvalue weighted by Gasteiger charge is -2.23. The number of imidazole rings is 1. The average molecular weight is 337 g/mol. The molecule has 1 fully saturated rings. The average Bonchev–Trinajstić information content (AvgIpc) is 3.08. The van der Waals surface area contributed by atoms with Crippen molar-refractivity contribution in [1.82, 2.24) is 14.9 Å². The summed E-state index contributed by atoms with van der Waals surface area (Å²) in [4.78, 5) is 15.9. The lowest BCUT2D eigenvalue weighted by Crippen LogP contribution is -2.41. The van der Waals surface area contributed by atoms with E-state index in [9.17, 15) is 4.79 Å². The number of urea groups is 1. The molecule has 2 amide bonds. The third-order valence-electron chi connectivity index (χ3n) is 3.36. The summed E-state index contributed by atoms with van der Waals surface area (Å²) in [6, 6.07) is 4.97. The molecule has 8 heteroatoms. The van der Waals surface area contributed by atoms with Crippen LogP contribution in [0.25, 0.3) is 5.69 Å². The molecule has 1 aliphatic heterocycles. The van der Waals surface area contributed by atoms with Gasteiger partial charge in [0, 0.05) is 24.6 Å². The molecule has 1 aromatic carbocycles. The van der Waals surface area contributed by atoms with Gasteiger partial charge in [-0.1, -0.05) is 11.6 Å². The van der Waals surface area contributed by atoms with Crippen LogP contribution in [0.3, 0.4) is 0 Å². The van der Waals surface area contributed by atoms with Crippen molar-refractivity contribution in [2.75, 3.05) is 31.7 Å². The Morgan fingerprint density at radius 1 is 1.43 bits per heavy atom. The van der Waals surface area contributed by atoms with Crippen LogP contribution in [0.2, 0.25) is 5.02 Å². The van der Waals surface area contributed by atoms with Gasteiger partial charge in [0.1, 0.15) is 0 Å². The van der Waals surface area contributed by atoms with E-state index in [0.717, 1.165) is 5.69 Å². The van der Waals surface area contributed by atoms with Gasteiger partial charge in [0.05, 0.1) is 43.0 Å². The molecule has 7 nitrogen and oxygen atoms in total. The summed E-state index contributed by atoms with van der Waals surface area (Å²) in [5.74, 6) is 0. The Labute approximate surface area is 138 Å². The Morgan fingerprint density at radius 3 is 3.04 bits per heavy atom. The smallest absolute Gasteiger partial charge is 0.319 e. The minimum atomic E-state index is -0.314. The topological polar surface area (TPSA) is 77.4 Å². The van der Waals surface area contributed by atoms with E-state index in [1.807, 2.05) is 6.07 Å². The molecule has 1 aliphatic rings. The van der Waals surface area contributed by atoms with E-state index >= 15 is 0 Å². The third kappa shape index (κ3) is 4.22. The van der Waals surface area contributed by atoms with Gasteiger partial charge in [-0.25, -0.2) is 9.78 Å². The SMILES string of the molecule is O=C(NC[C@H]1COCCO1)Nc1ccc(-n2ccnc2)c(Cl)c1. The number of hydrogen-bond donors (Lipinski definition) is 2. The van der Waals surface area contributed by atoms with Crippen molar-refractivity contribution in [1.29, 1.82) is 0 Å². The largest absolute Gasteiger partial charge is 0.376 e. The Bertz CT molecular complexity index is 657. The third-order valence-corrected chi connectivity index (χ3v) is 3.67. The molecule has 1 aromatic heterocycles. The summed E-state index contributed by atoms with van der Waals surface area (Å²) in [5.41, 5.74) is 1.40.